The molecule has 0 bridgehead atoms. The third-order valence-corrected chi connectivity index (χ3v) is 3.34. The van der Waals surface area contributed by atoms with Crippen LogP contribution in [0.4, 0.5) is 0 Å². The SMILES string of the molecule is CC1CCCC1CNCCCCC#N. The van der Waals surface area contributed by atoms with E-state index < -0.39 is 0 Å². The molecule has 80 valence electrons. The minimum absolute atomic E-state index is 0.710. The van der Waals surface area contributed by atoms with Gasteiger partial charge in [-0.3, -0.25) is 0 Å². The van der Waals surface area contributed by atoms with Crippen molar-refractivity contribution >= 4 is 0 Å². The first-order valence-corrected chi connectivity index (χ1v) is 5.92. The summed E-state index contributed by atoms with van der Waals surface area (Å²) in [5.74, 6) is 1.83. The van der Waals surface area contributed by atoms with Gasteiger partial charge >= 0.3 is 0 Å². The van der Waals surface area contributed by atoms with Crippen molar-refractivity contribution < 1.29 is 0 Å². The van der Waals surface area contributed by atoms with Gasteiger partial charge in [-0.15, -0.1) is 0 Å². The van der Waals surface area contributed by atoms with Crippen LogP contribution in [-0.2, 0) is 0 Å². The first kappa shape index (κ1) is 11.5. The highest BCUT2D eigenvalue weighted by Crippen LogP contribution is 2.30. The Morgan fingerprint density at radius 1 is 1.36 bits per heavy atom. The van der Waals surface area contributed by atoms with Gasteiger partial charge in [-0.1, -0.05) is 19.8 Å². The predicted molar refractivity (Wildman–Crippen MR) is 58.8 cm³/mol. The van der Waals surface area contributed by atoms with Gasteiger partial charge in [0.15, 0.2) is 0 Å². The van der Waals surface area contributed by atoms with Gasteiger partial charge in [0.2, 0.25) is 0 Å². The fourth-order valence-corrected chi connectivity index (χ4v) is 2.27. The van der Waals surface area contributed by atoms with Gasteiger partial charge in [0.05, 0.1) is 6.07 Å². The fourth-order valence-electron chi connectivity index (χ4n) is 2.27. The molecule has 1 aliphatic carbocycles. The predicted octanol–water partition coefficient (Wildman–Crippen LogP) is 2.71. The van der Waals surface area contributed by atoms with E-state index in [1.54, 1.807) is 0 Å². The lowest BCUT2D eigenvalue weighted by Crippen LogP contribution is -2.25. The van der Waals surface area contributed by atoms with Crippen molar-refractivity contribution in [3.63, 3.8) is 0 Å². The molecule has 2 unspecified atom stereocenters. The zero-order valence-corrected chi connectivity index (χ0v) is 9.26. The maximum atomic E-state index is 8.36. The zero-order valence-electron chi connectivity index (χ0n) is 9.26. The largest absolute Gasteiger partial charge is 0.316 e. The van der Waals surface area contributed by atoms with E-state index in [1.165, 1.54) is 25.8 Å². The van der Waals surface area contributed by atoms with Gasteiger partial charge < -0.3 is 5.32 Å². The second kappa shape index (κ2) is 6.84. The highest BCUT2D eigenvalue weighted by atomic mass is 14.9. The number of rotatable bonds is 6. The molecule has 0 aromatic rings. The lowest BCUT2D eigenvalue weighted by atomic mass is 9.98. The Morgan fingerprint density at radius 2 is 2.21 bits per heavy atom. The number of nitrogens with one attached hydrogen (secondary N) is 1. The zero-order chi connectivity index (χ0) is 10.2. The molecule has 1 fully saturated rings. The third-order valence-electron chi connectivity index (χ3n) is 3.34. The highest BCUT2D eigenvalue weighted by Gasteiger charge is 2.22. The smallest absolute Gasteiger partial charge is 0.0621 e. The lowest BCUT2D eigenvalue weighted by Gasteiger charge is -2.15. The molecule has 1 saturated carbocycles. The Bertz CT molecular complexity index is 183. The van der Waals surface area contributed by atoms with Gasteiger partial charge in [-0.25, -0.2) is 0 Å². The van der Waals surface area contributed by atoms with E-state index in [4.69, 9.17) is 5.26 Å². The number of nitrogens with zero attached hydrogens (tertiary/aromatic N) is 1. The Hall–Kier alpha value is -0.550. The maximum absolute atomic E-state index is 8.36. The van der Waals surface area contributed by atoms with Gasteiger partial charge in [-0.05, 0) is 44.2 Å². The number of unbranched alkanes of at least 4 members (excludes halogenated alkanes) is 2. The monoisotopic (exact) mass is 194 g/mol. The summed E-state index contributed by atoms with van der Waals surface area (Å²) in [6, 6.07) is 2.18. The van der Waals surface area contributed by atoms with Crippen molar-refractivity contribution in [2.75, 3.05) is 13.1 Å². The highest BCUT2D eigenvalue weighted by molar-refractivity contribution is 4.76. The number of hydrogen-bond donors (Lipinski definition) is 1. The van der Waals surface area contributed by atoms with Crippen LogP contribution in [0.3, 0.4) is 0 Å². The lowest BCUT2D eigenvalue weighted by molar-refractivity contribution is 0.391. The summed E-state index contributed by atoms with van der Waals surface area (Å²) in [5.41, 5.74) is 0. The second-order valence-electron chi connectivity index (χ2n) is 4.49. The molecule has 0 spiro atoms. The molecule has 0 aromatic carbocycles. The fraction of sp³-hybridized carbons (Fsp3) is 0.917. The van der Waals surface area contributed by atoms with Gasteiger partial charge in [0.1, 0.15) is 0 Å². The summed E-state index contributed by atoms with van der Waals surface area (Å²) >= 11 is 0. The van der Waals surface area contributed by atoms with Crippen molar-refractivity contribution in [1.82, 2.24) is 5.32 Å². The molecule has 2 heteroatoms. The van der Waals surface area contributed by atoms with Crippen LogP contribution in [0.15, 0.2) is 0 Å². The molecular formula is C12H22N2. The second-order valence-corrected chi connectivity index (χ2v) is 4.49. The summed E-state index contributed by atoms with van der Waals surface area (Å²) in [5, 5.41) is 11.9. The van der Waals surface area contributed by atoms with E-state index in [0.29, 0.717) is 6.42 Å². The van der Waals surface area contributed by atoms with E-state index >= 15 is 0 Å². The van der Waals surface area contributed by atoms with Gasteiger partial charge in [0, 0.05) is 6.42 Å². The molecule has 1 aliphatic rings. The molecular weight excluding hydrogens is 172 g/mol. The van der Waals surface area contributed by atoms with E-state index in [2.05, 4.69) is 18.3 Å². The summed E-state index contributed by atoms with van der Waals surface area (Å²) in [6.45, 7) is 4.65. The number of hydrogen-bond acceptors (Lipinski definition) is 2. The summed E-state index contributed by atoms with van der Waals surface area (Å²) < 4.78 is 0. The maximum Gasteiger partial charge on any atom is 0.0621 e. The first-order valence-electron chi connectivity index (χ1n) is 5.92. The van der Waals surface area contributed by atoms with Crippen molar-refractivity contribution in [3.8, 4) is 6.07 Å². The van der Waals surface area contributed by atoms with E-state index in [9.17, 15) is 0 Å². The molecule has 2 nitrogen and oxygen atoms in total. The quantitative estimate of drug-likeness (QED) is 0.660. The first-order chi connectivity index (χ1) is 6.84. The van der Waals surface area contributed by atoms with Crippen molar-refractivity contribution in [1.29, 1.82) is 5.26 Å². The van der Waals surface area contributed by atoms with Crippen molar-refractivity contribution in [3.05, 3.63) is 0 Å². The van der Waals surface area contributed by atoms with Crippen molar-refractivity contribution in [2.24, 2.45) is 11.8 Å². The number of nitriles is 1. The molecule has 0 radical (unpaired) electrons. The third kappa shape index (κ3) is 4.11. The van der Waals surface area contributed by atoms with Gasteiger partial charge in [0.25, 0.3) is 0 Å². The Kier molecular flexibility index (Phi) is 5.63. The molecule has 0 heterocycles. The topological polar surface area (TPSA) is 35.8 Å². The van der Waals surface area contributed by atoms with Crippen LogP contribution in [0, 0.1) is 23.2 Å². The summed E-state index contributed by atoms with van der Waals surface area (Å²) in [4.78, 5) is 0. The molecule has 1 N–H and O–H groups in total. The van der Waals surface area contributed by atoms with E-state index in [0.717, 1.165) is 31.2 Å². The molecule has 0 saturated heterocycles. The normalized spacial score (nSPS) is 26.3. The molecule has 0 aromatic heterocycles. The Balaban J connectivity index is 1.91. The van der Waals surface area contributed by atoms with Crippen LogP contribution in [0.5, 0.6) is 0 Å². The van der Waals surface area contributed by atoms with Crippen LogP contribution in [0.1, 0.15) is 45.4 Å². The van der Waals surface area contributed by atoms with E-state index in [1.807, 2.05) is 0 Å². The standard InChI is InChI=1S/C12H22N2/c1-11-6-5-7-12(11)10-14-9-4-2-3-8-13/h11-12,14H,2-7,9-10H2,1H3. The molecule has 0 amide bonds. The van der Waals surface area contributed by atoms with E-state index in [-0.39, 0.29) is 0 Å². The molecule has 2 atom stereocenters. The van der Waals surface area contributed by atoms with Crippen LogP contribution in [0.25, 0.3) is 0 Å². The molecule has 0 aliphatic heterocycles. The molecule has 14 heavy (non-hydrogen) atoms. The average Bonchev–Trinajstić information content (AvgIpc) is 2.58. The van der Waals surface area contributed by atoms with Crippen LogP contribution < -0.4 is 5.32 Å². The average molecular weight is 194 g/mol. The van der Waals surface area contributed by atoms with Gasteiger partial charge in [-0.2, -0.15) is 5.26 Å². The van der Waals surface area contributed by atoms with Crippen LogP contribution >= 0.6 is 0 Å². The molecule has 1 rings (SSSR count). The van der Waals surface area contributed by atoms with Crippen LogP contribution in [-0.4, -0.2) is 13.1 Å². The summed E-state index contributed by atoms with van der Waals surface area (Å²) in [7, 11) is 0. The summed E-state index contributed by atoms with van der Waals surface area (Å²) in [6.07, 6.45) is 7.15. The Morgan fingerprint density at radius 3 is 2.86 bits per heavy atom. The van der Waals surface area contributed by atoms with Crippen LogP contribution in [0.2, 0.25) is 0 Å². The Labute approximate surface area is 87.7 Å². The minimum atomic E-state index is 0.710. The minimum Gasteiger partial charge on any atom is -0.316 e. The van der Waals surface area contributed by atoms with Crippen molar-refractivity contribution in [2.45, 2.75) is 45.4 Å².